The van der Waals surface area contributed by atoms with Crippen LogP contribution in [0.4, 0.5) is 0 Å². The highest BCUT2D eigenvalue weighted by molar-refractivity contribution is 5.82. The molecule has 0 bridgehead atoms. The van der Waals surface area contributed by atoms with Crippen molar-refractivity contribution in [3.63, 3.8) is 0 Å². The Morgan fingerprint density at radius 1 is 0.926 bits per heavy atom. The van der Waals surface area contributed by atoms with Gasteiger partial charge in [0.2, 0.25) is 5.91 Å². The highest BCUT2D eigenvalue weighted by Gasteiger charge is 2.19. The van der Waals surface area contributed by atoms with Crippen molar-refractivity contribution in [1.29, 1.82) is 0 Å². The average molecular weight is 392 g/mol. The van der Waals surface area contributed by atoms with Gasteiger partial charge in [0.25, 0.3) is 0 Å². The van der Waals surface area contributed by atoms with E-state index in [0.29, 0.717) is 52.8 Å². The molecule has 9 heteroatoms. The summed E-state index contributed by atoms with van der Waals surface area (Å²) in [6.07, 6.45) is 0.344. The van der Waals surface area contributed by atoms with Gasteiger partial charge in [-0.2, -0.15) is 0 Å². The summed E-state index contributed by atoms with van der Waals surface area (Å²) in [6, 6.07) is -0.751. The number of methoxy groups -OCH3 is 1. The fourth-order valence-corrected chi connectivity index (χ4v) is 1.86. The molecular weight excluding hydrogens is 356 g/mol. The first-order chi connectivity index (χ1) is 12.8. The lowest BCUT2D eigenvalue weighted by atomic mass is 10.1. The summed E-state index contributed by atoms with van der Waals surface area (Å²) < 4.78 is 25.9. The zero-order valence-electron chi connectivity index (χ0n) is 17.1. The molecule has 0 fully saturated rings. The van der Waals surface area contributed by atoms with Crippen LogP contribution in [0, 0.1) is 0 Å². The Kier molecular flexibility index (Phi) is 15.0. The van der Waals surface area contributed by atoms with Gasteiger partial charge in [-0.3, -0.25) is 9.59 Å². The van der Waals surface area contributed by atoms with Crippen LogP contribution in [0.15, 0.2) is 0 Å². The summed E-state index contributed by atoms with van der Waals surface area (Å²) in [5, 5.41) is 2.67. The molecule has 0 saturated carbocycles. The Bertz CT molecular complexity index is 400. The maximum Gasteiger partial charge on any atom is 0.306 e. The second-order valence-corrected chi connectivity index (χ2v) is 6.85. The van der Waals surface area contributed by atoms with Crippen molar-refractivity contribution in [2.75, 3.05) is 59.9 Å². The van der Waals surface area contributed by atoms with Gasteiger partial charge in [-0.05, 0) is 27.2 Å². The summed E-state index contributed by atoms with van der Waals surface area (Å²) in [6.45, 7) is 9.09. The number of hydrogen-bond donors (Lipinski definition) is 2. The van der Waals surface area contributed by atoms with Crippen molar-refractivity contribution < 1.29 is 33.3 Å². The Morgan fingerprint density at radius 3 is 1.96 bits per heavy atom. The first-order valence-corrected chi connectivity index (χ1v) is 9.23. The zero-order chi connectivity index (χ0) is 20.5. The van der Waals surface area contributed by atoms with E-state index < -0.39 is 11.6 Å². The molecule has 0 saturated heterocycles. The van der Waals surface area contributed by atoms with Crippen LogP contribution >= 0.6 is 0 Å². The highest BCUT2D eigenvalue weighted by Crippen LogP contribution is 2.09. The van der Waals surface area contributed by atoms with Gasteiger partial charge in [0.05, 0.1) is 52.3 Å². The van der Waals surface area contributed by atoms with Gasteiger partial charge < -0.3 is 34.7 Å². The number of nitrogens with two attached hydrogens (primary N) is 1. The number of amides is 1. The lowest BCUT2D eigenvalue weighted by molar-refractivity contribution is -0.155. The third-order valence-corrected chi connectivity index (χ3v) is 3.14. The van der Waals surface area contributed by atoms with Crippen LogP contribution in [0.2, 0.25) is 0 Å². The normalized spacial score (nSPS) is 12.6. The number of hydrogen-bond acceptors (Lipinski definition) is 8. The molecule has 27 heavy (non-hydrogen) atoms. The molecule has 0 rings (SSSR count). The van der Waals surface area contributed by atoms with Gasteiger partial charge in [0.15, 0.2) is 0 Å². The van der Waals surface area contributed by atoms with E-state index in [1.165, 1.54) is 0 Å². The van der Waals surface area contributed by atoms with E-state index in [1.807, 2.05) is 0 Å². The minimum atomic E-state index is -0.751. The van der Waals surface area contributed by atoms with Crippen molar-refractivity contribution in [3.05, 3.63) is 0 Å². The topological polar surface area (TPSA) is 118 Å². The second kappa shape index (κ2) is 15.8. The maximum absolute atomic E-state index is 11.8. The van der Waals surface area contributed by atoms with E-state index in [0.717, 1.165) is 0 Å². The van der Waals surface area contributed by atoms with Gasteiger partial charge in [-0.15, -0.1) is 0 Å². The molecule has 1 atom stereocenters. The molecule has 1 amide bonds. The molecule has 160 valence electrons. The van der Waals surface area contributed by atoms with Gasteiger partial charge in [0, 0.05) is 20.1 Å². The van der Waals surface area contributed by atoms with E-state index in [4.69, 9.17) is 29.4 Å². The predicted molar refractivity (Wildman–Crippen MR) is 100 cm³/mol. The fourth-order valence-electron chi connectivity index (χ4n) is 1.86. The van der Waals surface area contributed by atoms with Crippen molar-refractivity contribution >= 4 is 11.9 Å². The summed E-state index contributed by atoms with van der Waals surface area (Å²) in [5.74, 6) is -0.676. The second-order valence-electron chi connectivity index (χ2n) is 6.85. The first kappa shape index (κ1) is 25.7. The van der Waals surface area contributed by atoms with Crippen molar-refractivity contribution in [1.82, 2.24) is 5.32 Å². The summed E-state index contributed by atoms with van der Waals surface area (Å²) in [7, 11) is 1.62. The van der Waals surface area contributed by atoms with Crippen LogP contribution in [0.3, 0.4) is 0 Å². The Morgan fingerprint density at radius 2 is 1.44 bits per heavy atom. The molecule has 0 aliphatic heterocycles. The Hall–Kier alpha value is -1.26. The smallest absolute Gasteiger partial charge is 0.306 e. The van der Waals surface area contributed by atoms with E-state index in [2.05, 4.69) is 5.32 Å². The number of rotatable bonds is 16. The van der Waals surface area contributed by atoms with E-state index in [1.54, 1.807) is 27.9 Å². The molecule has 0 radical (unpaired) electrons. The van der Waals surface area contributed by atoms with E-state index >= 15 is 0 Å². The summed E-state index contributed by atoms with van der Waals surface area (Å²) in [4.78, 5) is 23.4. The zero-order valence-corrected chi connectivity index (χ0v) is 17.1. The quantitative estimate of drug-likeness (QED) is 0.283. The average Bonchev–Trinajstić information content (AvgIpc) is 2.59. The lowest BCUT2D eigenvalue weighted by Gasteiger charge is -2.20. The minimum absolute atomic E-state index is 0.106. The first-order valence-electron chi connectivity index (χ1n) is 9.23. The van der Waals surface area contributed by atoms with Crippen LogP contribution in [-0.2, 0) is 33.3 Å². The van der Waals surface area contributed by atoms with Gasteiger partial charge in [-0.1, -0.05) is 0 Å². The Balaban J connectivity index is 3.51. The lowest BCUT2D eigenvalue weighted by Crippen LogP contribution is -2.42. The predicted octanol–water partition coefficient (Wildman–Crippen LogP) is 0.248. The molecule has 3 N–H and O–H groups in total. The standard InChI is InChI=1S/C18H36N2O7/c1-18(2,3)27-16(21)6-5-15(19)17(22)20-7-8-24-11-12-26-14-13-25-10-9-23-4/h15H,5-14,19H2,1-4H3,(H,20,22). The van der Waals surface area contributed by atoms with Gasteiger partial charge >= 0.3 is 5.97 Å². The number of nitrogens with one attached hydrogen (secondary N) is 1. The largest absolute Gasteiger partial charge is 0.460 e. The van der Waals surface area contributed by atoms with Crippen LogP contribution in [0.5, 0.6) is 0 Å². The molecule has 0 spiro atoms. The van der Waals surface area contributed by atoms with Crippen molar-refractivity contribution in [2.24, 2.45) is 5.73 Å². The van der Waals surface area contributed by atoms with E-state index in [9.17, 15) is 9.59 Å². The molecule has 0 aromatic carbocycles. The number of carbonyl (C=O) groups is 2. The Labute approximate surface area is 162 Å². The monoisotopic (exact) mass is 392 g/mol. The van der Waals surface area contributed by atoms with Crippen LogP contribution in [-0.4, -0.2) is 83.4 Å². The number of esters is 1. The SMILES string of the molecule is COCCOCCOCCOCCNC(=O)C(N)CCC(=O)OC(C)(C)C. The minimum Gasteiger partial charge on any atom is -0.460 e. The molecule has 0 aliphatic rings. The summed E-state index contributed by atoms with van der Waals surface area (Å²) in [5.41, 5.74) is 5.23. The third-order valence-electron chi connectivity index (χ3n) is 3.14. The highest BCUT2D eigenvalue weighted by atomic mass is 16.6. The van der Waals surface area contributed by atoms with Crippen LogP contribution < -0.4 is 11.1 Å². The van der Waals surface area contributed by atoms with Gasteiger partial charge in [0.1, 0.15) is 5.60 Å². The van der Waals surface area contributed by atoms with Crippen molar-refractivity contribution in [3.8, 4) is 0 Å². The fraction of sp³-hybridized carbons (Fsp3) is 0.889. The van der Waals surface area contributed by atoms with Crippen LogP contribution in [0.25, 0.3) is 0 Å². The number of carbonyl (C=O) groups excluding carboxylic acids is 2. The summed E-state index contributed by atoms with van der Waals surface area (Å²) >= 11 is 0. The number of ether oxygens (including phenoxy) is 5. The maximum atomic E-state index is 11.8. The third kappa shape index (κ3) is 17.9. The molecule has 0 aromatic rings. The molecule has 1 unspecified atom stereocenters. The van der Waals surface area contributed by atoms with Crippen molar-refractivity contribution in [2.45, 2.75) is 45.3 Å². The molecule has 0 heterocycles. The van der Waals surface area contributed by atoms with E-state index in [-0.39, 0.29) is 24.7 Å². The van der Waals surface area contributed by atoms with Crippen LogP contribution in [0.1, 0.15) is 33.6 Å². The molecule has 0 aromatic heterocycles. The molecule has 9 nitrogen and oxygen atoms in total. The molecule has 0 aliphatic carbocycles. The van der Waals surface area contributed by atoms with Gasteiger partial charge in [-0.25, -0.2) is 0 Å². The molecular formula is C18H36N2O7.